The smallest absolute Gasteiger partial charge is 0.237 e. The van der Waals surface area contributed by atoms with Gasteiger partial charge in [-0.3, -0.25) is 0 Å². The maximum atomic E-state index is 5.89. The molecular weight excluding hydrogens is 237 g/mol. The Morgan fingerprint density at radius 3 is 3.07 bits per heavy atom. The van der Waals surface area contributed by atoms with Crippen LogP contribution < -0.4 is 10.1 Å². The topological polar surface area (TPSA) is 47.0 Å². The van der Waals surface area contributed by atoms with Crippen LogP contribution in [0.2, 0.25) is 10.3 Å². The first-order valence-electron chi connectivity index (χ1n) is 4.81. The average molecular weight is 248 g/mol. The van der Waals surface area contributed by atoms with E-state index in [2.05, 4.69) is 15.3 Å². The summed E-state index contributed by atoms with van der Waals surface area (Å²) in [7, 11) is 0. The highest BCUT2D eigenvalue weighted by Crippen LogP contribution is 2.24. The Labute approximate surface area is 98.0 Å². The van der Waals surface area contributed by atoms with Crippen LogP contribution in [0.25, 0.3) is 0 Å². The summed E-state index contributed by atoms with van der Waals surface area (Å²) in [6.07, 6.45) is 3.66. The molecule has 1 fully saturated rings. The molecule has 1 aliphatic rings. The van der Waals surface area contributed by atoms with E-state index in [0.717, 1.165) is 25.9 Å². The summed E-state index contributed by atoms with van der Waals surface area (Å²) >= 11 is 11.5. The van der Waals surface area contributed by atoms with Crippen LogP contribution >= 0.6 is 23.2 Å². The largest absolute Gasteiger partial charge is 0.472 e. The van der Waals surface area contributed by atoms with Crippen LogP contribution in [0.15, 0.2) is 6.20 Å². The normalized spacial score (nSPS) is 21.3. The van der Waals surface area contributed by atoms with Gasteiger partial charge in [-0.25, -0.2) is 4.98 Å². The fraction of sp³-hybridized carbons (Fsp3) is 0.556. The van der Waals surface area contributed by atoms with Gasteiger partial charge in [-0.05, 0) is 31.0 Å². The Morgan fingerprint density at radius 2 is 2.33 bits per heavy atom. The molecule has 0 saturated carbocycles. The van der Waals surface area contributed by atoms with Crippen molar-refractivity contribution in [2.75, 3.05) is 13.1 Å². The minimum Gasteiger partial charge on any atom is -0.472 e. The lowest BCUT2D eigenvalue weighted by molar-refractivity contribution is 0.160. The third kappa shape index (κ3) is 2.93. The van der Waals surface area contributed by atoms with Crippen LogP contribution in [0, 0.1) is 0 Å². The van der Waals surface area contributed by atoms with Crippen molar-refractivity contribution >= 4 is 23.2 Å². The van der Waals surface area contributed by atoms with E-state index in [1.807, 2.05) is 0 Å². The van der Waals surface area contributed by atoms with E-state index in [-0.39, 0.29) is 11.4 Å². The van der Waals surface area contributed by atoms with E-state index in [9.17, 15) is 0 Å². The highest BCUT2D eigenvalue weighted by molar-refractivity contribution is 6.32. The molecule has 15 heavy (non-hydrogen) atoms. The first kappa shape index (κ1) is 10.9. The minimum atomic E-state index is 0.113. The molecule has 2 heterocycles. The van der Waals surface area contributed by atoms with Crippen LogP contribution in [0.5, 0.6) is 5.88 Å². The molecule has 0 radical (unpaired) electrons. The molecule has 1 N–H and O–H groups in total. The van der Waals surface area contributed by atoms with Crippen LogP contribution in [0.3, 0.4) is 0 Å². The fourth-order valence-electron chi connectivity index (χ4n) is 1.49. The Morgan fingerprint density at radius 1 is 1.47 bits per heavy atom. The van der Waals surface area contributed by atoms with E-state index in [1.54, 1.807) is 0 Å². The summed E-state index contributed by atoms with van der Waals surface area (Å²) in [6.45, 7) is 1.86. The summed E-state index contributed by atoms with van der Waals surface area (Å²) in [6, 6.07) is 0. The molecule has 0 unspecified atom stereocenters. The first-order valence-corrected chi connectivity index (χ1v) is 5.57. The van der Waals surface area contributed by atoms with Crippen molar-refractivity contribution < 1.29 is 4.74 Å². The molecule has 1 aliphatic heterocycles. The molecule has 2 rings (SSSR count). The second-order valence-electron chi connectivity index (χ2n) is 3.38. The highest BCUT2D eigenvalue weighted by Gasteiger charge is 2.16. The Balaban J connectivity index is 2.05. The van der Waals surface area contributed by atoms with Crippen molar-refractivity contribution in [3.8, 4) is 5.88 Å². The molecular formula is C9H11Cl2N3O. The second kappa shape index (κ2) is 4.96. The summed E-state index contributed by atoms with van der Waals surface area (Å²) < 4.78 is 5.64. The van der Waals surface area contributed by atoms with E-state index in [4.69, 9.17) is 27.9 Å². The molecule has 1 saturated heterocycles. The summed E-state index contributed by atoms with van der Waals surface area (Å²) in [5.74, 6) is 0.366. The van der Waals surface area contributed by atoms with Crippen molar-refractivity contribution in [1.82, 2.24) is 15.3 Å². The number of rotatable bonds is 2. The number of ether oxygens (including phenoxy) is 1. The van der Waals surface area contributed by atoms with Crippen LogP contribution in [0.4, 0.5) is 0 Å². The number of nitrogens with one attached hydrogen (secondary N) is 1. The maximum Gasteiger partial charge on any atom is 0.237 e. The molecule has 1 atom stereocenters. The number of aromatic nitrogens is 2. The number of piperidine rings is 1. The van der Waals surface area contributed by atoms with Crippen LogP contribution in [0.1, 0.15) is 12.8 Å². The van der Waals surface area contributed by atoms with Gasteiger partial charge in [0.25, 0.3) is 0 Å². The van der Waals surface area contributed by atoms with Gasteiger partial charge < -0.3 is 10.1 Å². The lowest BCUT2D eigenvalue weighted by atomic mass is 10.1. The second-order valence-corrected chi connectivity index (χ2v) is 4.12. The zero-order chi connectivity index (χ0) is 10.7. The van der Waals surface area contributed by atoms with E-state index in [0.29, 0.717) is 10.9 Å². The number of hydrogen-bond acceptors (Lipinski definition) is 4. The van der Waals surface area contributed by atoms with Gasteiger partial charge in [0.05, 0.1) is 6.20 Å². The zero-order valence-electron chi connectivity index (χ0n) is 8.04. The van der Waals surface area contributed by atoms with Crippen molar-refractivity contribution in [3.63, 3.8) is 0 Å². The standard InChI is InChI=1S/C9H11Cl2N3O/c10-7-5-13-9(11)14-8(7)15-6-2-1-3-12-4-6/h5-6,12H,1-4H2/t6-/m1/s1. The van der Waals surface area contributed by atoms with E-state index < -0.39 is 0 Å². The van der Waals surface area contributed by atoms with Crippen molar-refractivity contribution in [3.05, 3.63) is 16.5 Å². The molecule has 0 aromatic carbocycles. The number of hydrogen-bond donors (Lipinski definition) is 1. The first-order chi connectivity index (χ1) is 7.25. The van der Waals surface area contributed by atoms with Crippen molar-refractivity contribution in [2.45, 2.75) is 18.9 Å². The molecule has 0 spiro atoms. The quantitative estimate of drug-likeness (QED) is 0.812. The van der Waals surface area contributed by atoms with Gasteiger partial charge in [-0.1, -0.05) is 11.6 Å². The molecule has 0 amide bonds. The monoisotopic (exact) mass is 247 g/mol. The van der Waals surface area contributed by atoms with Gasteiger partial charge in [0, 0.05) is 6.54 Å². The Bertz CT molecular complexity index is 342. The molecule has 0 bridgehead atoms. The van der Waals surface area contributed by atoms with Gasteiger partial charge in [-0.15, -0.1) is 0 Å². The van der Waals surface area contributed by atoms with Crippen molar-refractivity contribution in [2.24, 2.45) is 0 Å². The minimum absolute atomic E-state index is 0.113. The lowest BCUT2D eigenvalue weighted by Gasteiger charge is -2.23. The third-order valence-corrected chi connectivity index (χ3v) is 2.65. The van der Waals surface area contributed by atoms with Gasteiger partial charge in [0.2, 0.25) is 11.2 Å². The maximum absolute atomic E-state index is 5.89. The Kier molecular flexibility index (Phi) is 3.61. The SMILES string of the molecule is Clc1ncc(Cl)c(O[C@@H]2CCCNC2)n1. The molecule has 82 valence electrons. The van der Waals surface area contributed by atoms with E-state index >= 15 is 0 Å². The van der Waals surface area contributed by atoms with Gasteiger partial charge in [0.15, 0.2) is 0 Å². The zero-order valence-corrected chi connectivity index (χ0v) is 9.55. The summed E-state index contributed by atoms with van der Waals surface area (Å²) in [5, 5.41) is 3.79. The van der Waals surface area contributed by atoms with Gasteiger partial charge in [0.1, 0.15) is 11.1 Å². The third-order valence-electron chi connectivity index (χ3n) is 2.21. The average Bonchev–Trinajstić information content (AvgIpc) is 2.25. The van der Waals surface area contributed by atoms with E-state index in [1.165, 1.54) is 6.20 Å². The fourth-order valence-corrected chi connectivity index (χ4v) is 1.75. The van der Waals surface area contributed by atoms with Crippen molar-refractivity contribution in [1.29, 1.82) is 0 Å². The predicted molar refractivity (Wildman–Crippen MR) is 58.6 cm³/mol. The van der Waals surface area contributed by atoms with Crippen LogP contribution in [-0.4, -0.2) is 29.2 Å². The molecule has 0 aliphatic carbocycles. The van der Waals surface area contributed by atoms with Gasteiger partial charge in [-0.2, -0.15) is 4.98 Å². The highest BCUT2D eigenvalue weighted by atomic mass is 35.5. The number of halogens is 2. The van der Waals surface area contributed by atoms with Crippen LogP contribution in [-0.2, 0) is 0 Å². The number of nitrogens with zero attached hydrogens (tertiary/aromatic N) is 2. The molecule has 4 nitrogen and oxygen atoms in total. The molecule has 6 heteroatoms. The summed E-state index contributed by atoms with van der Waals surface area (Å²) in [4.78, 5) is 7.70. The Hall–Kier alpha value is -0.580. The summed E-state index contributed by atoms with van der Waals surface area (Å²) in [5.41, 5.74) is 0. The van der Waals surface area contributed by atoms with Gasteiger partial charge >= 0.3 is 0 Å². The molecule has 1 aromatic heterocycles. The molecule has 1 aromatic rings. The predicted octanol–water partition coefficient (Wildman–Crippen LogP) is 1.91. The lowest BCUT2D eigenvalue weighted by Crippen LogP contribution is -2.37.